The Kier molecular flexibility index (Phi) is 7.85. The van der Waals surface area contributed by atoms with Crippen molar-refractivity contribution < 1.29 is 18.0 Å². The van der Waals surface area contributed by atoms with Crippen molar-refractivity contribution in [3.05, 3.63) is 75.3 Å². The summed E-state index contributed by atoms with van der Waals surface area (Å²) in [5.74, 6) is 0.205. The quantitative estimate of drug-likeness (QED) is 0.237. The molecule has 0 bridgehead atoms. The Morgan fingerprint density at radius 2 is 1.79 bits per heavy atom. The van der Waals surface area contributed by atoms with Crippen molar-refractivity contribution in [3.8, 4) is 10.6 Å². The highest BCUT2D eigenvalue weighted by Gasteiger charge is 2.30. The van der Waals surface area contributed by atoms with Crippen LogP contribution in [0.15, 0.2) is 42.5 Å². The van der Waals surface area contributed by atoms with Gasteiger partial charge >= 0.3 is 6.18 Å². The lowest BCUT2D eigenvalue weighted by atomic mass is 9.97. The molecular formula is C26H26F3NOS2. The van der Waals surface area contributed by atoms with E-state index in [1.165, 1.54) is 23.5 Å². The summed E-state index contributed by atoms with van der Waals surface area (Å²) in [6.45, 7) is 7.95. The minimum atomic E-state index is -4.37. The second-order valence-corrected chi connectivity index (χ2v) is 10.3. The molecule has 0 aliphatic carbocycles. The number of hydrogen-bond acceptors (Lipinski definition) is 4. The van der Waals surface area contributed by atoms with Gasteiger partial charge in [0.15, 0.2) is 5.78 Å². The average molecular weight is 490 g/mol. The number of aryl methyl sites for hydroxylation is 2. The molecule has 0 radical (unpaired) electrons. The first-order valence-electron chi connectivity index (χ1n) is 10.7. The molecule has 0 spiro atoms. The highest BCUT2D eigenvalue weighted by atomic mass is 32.1. The van der Waals surface area contributed by atoms with Crippen molar-refractivity contribution in [2.45, 2.75) is 59.1 Å². The minimum absolute atomic E-state index is 0.0583. The molecule has 0 saturated carbocycles. The Bertz CT molecular complexity index is 1160. The van der Waals surface area contributed by atoms with E-state index in [4.69, 9.17) is 12.2 Å². The van der Waals surface area contributed by atoms with Crippen LogP contribution in [0.25, 0.3) is 10.6 Å². The van der Waals surface area contributed by atoms with Crippen LogP contribution in [0.2, 0.25) is 0 Å². The van der Waals surface area contributed by atoms with Crippen LogP contribution in [-0.4, -0.2) is 15.6 Å². The summed E-state index contributed by atoms with van der Waals surface area (Å²) in [7, 11) is 0. The third-order valence-corrected chi connectivity index (χ3v) is 6.74. The van der Waals surface area contributed by atoms with Gasteiger partial charge in [-0.05, 0) is 60.4 Å². The first-order chi connectivity index (χ1) is 15.5. The number of thiazole rings is 1. The summed E-state index contributed by atoms with van der Waals surface area (Å²) >= 11 is 6.63. The van der Waals surface area contributed by atoms with Gasteiger partial charge in [0.05, 0.1) is 11.3 Å². The molecular weight excluding hydrogens is 463 g/mol. The van der Waals surface area contributed by atoms with E-state index in [1.807, 2.05) is 45.9 Å². The van der Waals surface area contributed by atoms with Gasteiger partial charge in [-0.3, -0.25) is 4.79 Å². The third-order valence-electron chi connectivity index (χ3n) is 5.42. The number of rotatable bonds is 8. The zero-order valence-corrected chi connectivity index (χ0v) is 20.7. The van der Waals surface area contributed by atoms with E-state index in [0.29, 0.717) is 29.0 Å². The smallest absolute Gasteiger partial charge is 0.294 e. The Labute approximate surface area is 201 Å². The second kappa shape index (κ2) is 10.3. The van der Waals surface area contributed by atoms with E-state index in [0.717, 1.165) is 45.1 Å². The Hall–Kier alpha value is -2.38. The molecule has 0 N–H and O–H groups in total. The van der Waals surface area contributed by atoms with Gasteiger partial charge in [0.25, 0.3) is 0 Å². The maximum absolute atomic E-state index is 12.9. The van der Waals surface area contributed by atoms with Crippen molar-refractivity contribution in [2.24, 2.45) is 0 Å². The number of ketones is 1. The lowest BCUT2D eigenvalue weighted by molar-refractivity contribution is -0.137. The SMILES string of the molecule is CC(=S)Cc1ccc(C(=O)CCc2sc(-c3ccc(C(F)(F)F)cc3)nc2C(C)C)cc1C. The molecule has 174 valence electrons. The first-order valence-corrected chi connectivity index (χ1v) is 12.0. The van der Waals surface area contributed by atoms with Crippen LogP contribution in [0.5, 0.6) is 0 Å². The molecule has 0 atom stereocenters. The van der Waals surface area contributed by atoms with Crippen LogP contribution < -0.4 is 0 Å². The van der Waals surface area contributed by atoms with Crippen LogP contribution in [0.3, 0.4) is 0 Å². The first kappa shape index (κ1) is 25.2. The van der Waals surface area contributed by atoms with Crippen LogP contribution in [-0.2, 0) is 19.0 Å². The Morgan fingerprint density at radius 3 is 2.33 bits per heavy atom. The van der Waals surface area contributed by atoms with E-state index in [9.17, 15) is 18.0 Å². The van der Waals surface area contributed by atoms with Gasteiger partial charge in [0, 0.05) is 28.8 Å². The van der Waals surface area contributed by atoms with Gasteiger partial charge < -0.3 is 0 Å². The van der Waals surface area contributed by atoms with Gasteiger partial charge in [-0.25, -0.2) is 4.98 Å². The van der Waals surface area contributed by atoms with Crippen molar-refractivity contribution in [3.63, 3.8) is 0 Å². The lowest BCUT2D eigenvalue weighted by Crippen LogP contribution is -2.04. The van der Waals surface area contributed by atoms with Crippen molar-refractivity contribution >= 4 is 34.2 Å². The minimum Gasteiger partial charge on any atom is -0.294 e. The summed E-state index contributed by atoms with van der Waals surface area (Å²) in [6.07, 6.45) is -2.75. The predicted molar refractivity (Wildman–Crippen MR) is 132 cm³/mol. The number of nitrogens with zero attached hydrogens (tertiary/aromatic N) is 1. The highest BCUT2D eigenvalue weighted by Crippen LogP contribution is 2.35. The molecule has 0 aliphatic heterocycles. The van der Waals surface area contributed by atoms with Gasteiger partial charge in [-0.15, -0.1) is 11.3 Å². The molecule has 0 unspecified atom stereocenters. The van der Waals surface area contributed by atoms with E-state index in [2.05, 4.69) is 4.98 Å². The lowest BCUT2D eigenvalue weighted by Gasteiger charge is -2.08. The number of halogens is 3. The number of Topliss-reactive ketones (excluding diaryl/α,β-unsaturated/α-hetero) is 1. The summed E-state index contributed by atoms with van der Waals surface area (Å²) in [5, 5.41) is 0.672. The molecule has 3 aromatic rings. The molecule has 1 aromatic heterocycles. The molecule has 0 saturated heterocycles. The van der Waals surface area contributed by atoms with Crippen LogP contribution >= 0.6 is 23.6 Å². The predicted octanol–water partition coefficient (Wildman–Crippen LogP) is 8.01. The molecule has 2 nitrogen and oxygen atoms in total. The van der Waals surface area contributed by atoms with E-state index >= 15 is 0 Å². The van der Waals surface area contributed by atoms with Gasteiger partial charge in [-0.1, -0.05) is 50.3 Å². The molecule has 1 heterocycles. The molecule has 33 heavy (non-hydrogen) atoms. The summed E-state index contributed by atoms with van der Waals surface area (Å²) < 4.78 is 38.6. The number of carbonyl (C=O) groups excluding carboxylic acids is 1. The standard InChI is InChI=1S/C26H26F3NOS2/c1-15(2)24-23(33-25(30-24)18-7-9-21(10-8-18)26(27,28)29)12-11-22(31)20-6-5-19(14-17(4)32)16(3)13-20/h5-10,13,15H,11-12,14H2,1-4H3. The van der Waals surface area contributed by atoms with Gasteiger partial charge in [0.1, 0.15) is 5.01 Å². The van der Waals surface area contributed by atoms with E-state index < -0.39 is 11.7 Å². The largest absolute Gasteiger partial charge is 0.416 e. The number of benzene rings is 2. The normalized spacial score (nSPS) is 11.8. The van der Waals surface area contributed by atoms with Crippen LogP contribution in [0, 0.1) is 6.92 Å². The average Bonchev–Trinajstić information content (AvgIpc) is 3.17. The second-order valence-electron chi connectivity index (χ2n) is 8.50. The van der Waals surface area contributed by atoms with E-state index in [1.54, 1.807) is 0 Å². The van der Waals surface area contributed by atoms with Crippen LogP contribution in [0.4, 0.5) is 13.2 Å². The number of carbonyl (C=O) groups is 1. The molecule has 7 heteroatoms. The van der Waals surface area contributed by atoms with Gasteiger partial charge in [-0.2, -0.15) is 13.2 Å². The van der Waals surface area contributed by atoms with Gasteiger partial charge in [0.2, 0.25) is 0 Å². The molecule has 3 rings (SSSR count). The van der Waals surface area contributed by atoms with E-state index in [-0.39, 0.29) is 11.7 Å². The third kappa shape index (κ3) is 6.36. The number of aromatic nitrogens is 1. The van der Waals surface area contributed by atoms with Crippen molar-refractivity contribution in [2.75, 3.05) is 0 Å². The Morgan fingerprint density at radius 1 is 1.12 bits per heavy atom. The Balaban J connectivity index is 1.77. The van der Waals surface area contributed by atoms with Crippen molar-refractivity contribution in [1.29, 1.82) is 0 Å². The monoisotopic (exact) mass is 489 g/mol. The maximum Gasteiger partial charge on any atom is 0.416 e. The summed E-state index contributed by atoms with van der Waals surface area (Å²) in [6, 6.07) is 10.8. The number of thiocarbonyl (C=S) groups is 1. The molecule has 0 aliphatic rings. The van der Waals surface area contributed by atoms with Crippen LogP contribution in [0.1, 0.15) is 70.7 Å². The number of hydrogen-bond donors (Lipinski definition) is 0. The zero-order chi connectivity index (χ0) is 24.3. The fraction of sp³-hybridized carbons (Fsp3) is 0.346. The fourth-order valence-electron chi connectivity index (χ4n) is 3.63. The molecule has 2 aromatic carbocycles. The molecule has 0 amide bonds. The maximum atomic E-state index is 12.9. The topological polar surface area (TPSA) is 30.0 Å². The van der Waals surface area contributed by atoms with Crippen molar-refractivity contribution in [1.82, 2.24) is 4.98 Å². The highest BCUT2D eigenvalue weighted by molar-refractivity contribution is 7.80. The summed E-state index contributed by atoms with van der Waals surface area (Å²) in [4.78, 5) is 19.4. The number of alkyl halides is 3. The zero-order valence-electron chi connectivity index (χ0n) is 19.0. The summed E-state index contributed by atoms with van der Waals surface area (Å²) in [5.41, 5.74) is 3.72. The molecule has 0 fully saturated rings. The fourth-order valence-corrected chi connectivity index (χ4v) is 5.00.